The third-order valence-electron chi connectivity index (χ3n) is 10.8. The molecule has 11 aromatic rings. The minimum Gasteiger partial charge on any atom is -0.311 e. The second-order valence-corrected chi connectivity index (χ2v) is 14.9. The van der Waals surface area contributed by atoms with E-state index in [-0.39, 0.29) is 22.3 Å². The first-order chi connectivity index (χ1) is 41.0. The van der Waals surface area contributed by atoms with Crippen molar-refractivity contribution in [1.82, 2.24) is 0 Å². The largest absolute Gasteiger partial charge is 0.311 e. The van der Waals surface area contributed by atoms with Crippen LogP contribution in [0.25, 0.3) is 88.7 Å². The lowest BCUT2D eigenvalue weighted by atomic mass is 9.93. The third kappa shape index (κ3) is 8.40. The molecule has 11 aromatic carbocycles. The molecule has 0 atom stereocenters. The molecule has 0 bridgehead atoms. The zero-order valence-corrected chi connectivity index (χ0v) is 34.3. The van der Waals surface area contributed by atoms with Crippen LogP contribution < -0.4 is 4.90 Å². The highest BCUT2D eigenvalue weighted by Crippen LogP contribution is 2.40. The Morgan fingerprint density at radius 1 is 0.215 bits per heavy atom. The molecule has 0 aliphatic heterocycles. The van der Waals surface area contributed by atoms with Crippen LogP contribution in [0.15, 0.2) is 272 Å². The highest BCUT2D eigenvalue weighted by atomic mass is 15.1. The van der Waals surface area contributed by atoms with Crippen molar-refractivity contribution >= 4 is 27.8 Å². The summed E-state index contributed by atoms with van der Waals surface area (Å²) in [5.41, 5.74) is -1.13. The summed E-state index contributed by atoms with van der Waals surface area (Å²) in [7, 11) is 0. The molecule has 0 aromatic heterocycles. The Balaban J connectivity index is 1.17. The maximum absolute atomic E-state index is 9.84. The summed E-state index contributed by atoms with van der Waals surface area (Å²) in [6.07, 6.45) is 0. The molecule has 0 unspecified atom stereocenters. The van der Waals surface area contributed by atoms with E-state index in [1.54, 1.807) is 30.3 Å². The lowest BCUT2D eigenvalue weighted by Gasteiger charge is -2.26. The number of fused-ring (bicyclic) bond motifs is 1. The fourth-order valence-corrected chi connectivity index (χ4v) is 7.53. The van der Waals surface area contributed by atoms with Crippen molar-refractivity contribution in [3.63, 3.8) is 0 Å². The predicted molar refractivity (Wildman–Crippen MR) is 277 cm³/mol. The molecule has 0 aliphatic carbocycles. The minimum atomic E-state index is -1.08. The van der Waals surface area contributed by atoms with Gasteiger partial charge >= 0.3 is 0 Å². The van der Waals surface area contributed by atoms with Crippen LogP contribution in [0.1, 0.15) is 28.8 Å². The molecule has 0 N–H and O–H groups in total. The van der Waals surface area contributed by atoms with Crippen LogP contribution in [-0.2, 0) is 0 Å². The molecule has 1 heteroatoms. The Bertz CT molecular complexity index is 4460. The van der Waals surface area contributed by atoms with Crippen LogP contribution in [0.2, 0.25) is 0 Å². The van der Waals surface area contributed by atoms with E-state index in [0.717, 1.165) is 27.5 Å². The first-order valence-electron chi connectivity index (χ1n) is 31.1. The molecule has 0 aliphatic rings. The first-order valence-corrected chi connectivity index (χ1v) is 20.6. The van der Waals surface area contributed by atoms with E-state index in [4.69, 9.17) is 9.60 Å². The molecule has 65 heavy (non-hydrogen) atoms. The monoisotopic (exact) mass is 848 g/mol. The summed E-state index contributed by atoms with van der Waals surface area (Å²) in [6.45, 7) is 0. The van der Waals surface area contributed by atoms with Crippen LogP contribution in [-0.4, -0.2) is 0 Å². The number of rotatable bonds is 10. The molecule has 11 rings (SSSR count). The number of benzene rings is 11. The molecule has 306 valence electrons. The number of nitrogens with zero attached hydrogens (tertiary/aromatic N) is 1. The normalized spacial score (nSPS) is 15.6. The second-order valence-electron chi connectivity index (χ2n) is 14.9. The second kappa shape index (κ2) is 17.7. The highest BCUT2D eigenvalue weighted by molar-refractivity contribution is 5.89. The van der Waals surface area contributed by atoms with Gasteiger partial charge < -0.3 is 4.90 Å². The summed E-state index contributed by atoms with van der Waals surface area (Å²) < 4.78 is 195. The van der Waals surface area contributed by atoms with Gasteiger partial charge in [0.25, 0.3) is 0 Å². The number of hydrogen-bond donors (Lipinski definition) is 0. The van der Waals surface area contributed by atoms with Crippen LogP contribution in [0.4, 0.5) is 17.1 Å². The molecule has 1 nitrogen and oxygen atoms in total. The van der Waals surface area contributed by atoms with Gasteiger partial charge in [0.15, 0.2) is 0 Å². The van der Waals surface area contributed by atoms with Gasteiger partial charge in [0.2, 0.25) is 0 Å². The molecule has 0 fully saturated rings. The van der Waals surface area contributed by atoms with Gasteiger partial charge in [-0.2, -0.15) is 0 Å². The van der Waals surface area contributed by atoms with Crippen molar-refractivity contribution in [3.8, 4) is 77.9 Å². The Morgan fingerprint density at radius 2 is 0.554 bits per heavy atom. The Labute approximate surface area is 411 Å². The quantitative estimate of drug-likeness (QED) is 0.133. The predicted octanol–water partition coefficient (Wildman–Crippen LogP) is 18.0. The molecule has 0 radical (unpaired) electrons. The van der Waals surface area contributed by atoms with Crippen LogP contribution >= 0.6 is 0 Å². The SMILES string of the molecule is [2H]c1c([2H])c([2H])c(-c2c([2H])c([2H])c(-c3c([2H])c([2H])c(N(c4c([2H])c([2H])c(-c5cccc(-c6ccc7ccccc7c6)c5)c([2H])c4[2H])c4c([2H])c([2H])c(-c5cc(-c6ccccc6)cc(-c6ccccc6)c5)c([2H])c4[2H])c([2H])c3[2H])c([2H])c2[2H])c([2H])c1[2H]. The fourth-order valence-electron chi connectivity index (χ4n) is 7.53. The van der Waals surface area contributed by atoms with E-state index < -0.39 is 166 Å². The van der Waals surface area contributed by atoms with Gasteiger partial charge in [-0.25, -0.2) is 0 Å². The fraction of sp³-hybridized carbons (Fsp3) is 0. The zero-order valence-electron chi connectivity index (χ0n) is 55.3. The molecule has 0 heterocycles. The van der Waals surface area contributed by atoms with E-state index >= 15 is 0 Å². The van der Waals surface area contributed by atoms with Crippen molar-refractivity contribution in [1.29, 1.82) is 0 Å². The van der Waals surface area contributed by atoms with Gasteiger partial charge in [-0.3, -0.25) is 0 Å². The standard InChI is InChI=1S/C64H45N/c1-4-13-46(14-5-1)50-23-25-51(26-24-50)52-29-35-62(36-30-52)65(63-37-31-53(32-38-63)56-21-12-22-57(41-56)58-28-27-49-19-10-11-20-55(49)42-58)64-39-33-54(34-40-64)61-44-59(47-15-6-2-7-16-47)43-60(45-61)48-17-8-3-9-18-48/h1-45H/i1D,4D,5D,13D,14D,23D,24D,25D,26D,29D,30D,31D,32D,33D,34D,35D,36D,37D,38D,39D,40D. The first kappa shape index (κ1) is 22.7. The van der Waals surface area contributed by atoms with E-state index in [0.29, 0.717) is 21.6 Å². The van der Waals surface area contributed by atoms with Crippen molar-refractivity contribution < 1.29 is 28.8 Å². The van der Waals surface area contributed by atoms with Gasteiger partial charge in [0, 0.05) is 17.1 Å². The van der Waals surface area contributed by atoms with Gasteiger partial charge in [-0.1, -0.05) is 206 Å². The van der Waals surface area contributed by atoms with Crippen molar-refractivity contribution in [3.05, 3.63) is 272 Å². The Kier molecular flexibility index (Phi) is 6.18. The van der Waals surface area contributed by atoms with E-state index in [9.17, 15) is 19.2 Å². The van der Waals surface area contributed by atoms with Gasteiger partial charge in [0.1, 0.15) is 0 Å². The lowest BCUT2D eigenvalue weighted by Crippen LogP contribution is -2.09. The molecular formula is C64H45N. The summed E-state index contributed by atoms with van der Waals surface area (Å²) >= 11 is 0. The molecular weight excluding hydrogens is 783 g/mol. The van der Waals surface area contributed by atoms with Crippen molar-refractivity contribution in [2.75, 3.05) is 4.90 Å². The molecule has 0 saturated carbocycles. The van der Waals surface area contributed by atoms with Crippen molar-refractivity contribution in [2.45, 2.75) is 0 Å². The summed E-state index contributed by atoms with van der Waals surface area (Å²) in [6, 6.07) is 25.7. The van der Waals surface area contributed by atoms with Crippen LogP contribution in [0.3, 0.4) is 0 Å². The molecule has 0 spiro atoms. The third-order valence-corrected chi connectivity index (χ3v) is 10.8. The van der Waals surface area contributed by atoms with E-state index in [1.807, 2.05) is 115 Å². The smallest absolute Gasteiger partial charge is 0.0645 e. The average Bonchev–Trinajstić information content (AvgIpc) is 1.01. The summed E-state index contributed by atoms with van der Waals surface area (Å²) in [4.78, 5) is 0.636. The highest BCUT2D eigenvalue weighted by Gasteiger charge is 2.15. The Morgan fingerprint density at radius 3 is 1.06 bits per heavy atom. The number of anilines is 3. The minimum absolute atomic E-state index is 0.195. The zero-order chi connectivity index (χ0) is 61.6. The summed E-state index contributed by atoms with van der Waals surface area (Å²) in [5.74, 6) is 0. The van der Waals surface area contributed by atoms with Gasteiger partial charge in [0.05, 0.1) is 28.8 Å². The van der Waals surface area contributed by atoms with Gasteiger partial charge in [-0.05, 0) is 155 Å². The van der Waals surface area contributed by atoms with E-state index in [1.165, 1.54) is 0 Å². The Hall–Kier alpha value is -8.52. The molecule has 0 saturated heterocycles. The summed E-state index contributed by atoms with van der Waals surface area (Å²) in [5, 5.41) is 1.93. The maximum atomic E-state index is 9.84. The van der Waals surface area contributed by atoms with Crippen molar-refractivity contribution in [2.24, 2.45) is 0 Å². The maximum Gasteiger partial charge on any atom is 0.0645 e. The number of hydrogen-bond acceptors (Lipinski definition) is 1. The van der Waals surface area contributed by atoms with Gasteiger partial charge in [-0.15, -0.1) is 0 Å². The van der Waals surface area contributed by atoms with Crippen LogP contribution in [0, 0.1) is 0 Å². The molecule has 0 amide bonds. The topological polar surface area (TPSA) is 3.24 Å². The van der Waals surface area contributed by atoms with E-state index in [2.05, 4.69) is 0 Å². The average molecular weight is 849 g/mol. The van der Waals surface area contributed by atoms with Crippen LogP contribution in [0.5, 0.6) is 0 Å². The lowest BCUT2D eigenvalue weighted by molar-refractivity contribution is 1.28.